The molecule has 28 heavy (non-hydrogen) atoms. The molecular formula is C21H22N6O. The first-order chi connectivity index (χ1) is 13.6. The number of phenols is 1. The summed E-state index contributed by atoms with van der Waals surface area (Å²) >= 11 is 0. The van der Waals surface area contributed by atoms with Gasteiger partial charge in [0.2, 0.25) is 11.9 Å². The van der Waals surface area contributed by atoms with Crippen molar-refractivity contribution in [2.24, 2.45) is 7.05 Å². The van der Waals surface area contributed by atoms with E-state index in [1.54, 1.807) is 12.1 Å². The number of rotatable bonds is 6. The van der Waals surface area contributed by atoms with Crippen LogP contribution in [0.4, 0.5) is 17.7 Å². The summed E-state index contributed by atoms with van der Waals surface area (Å²) in [4.78, 5) is 13.6. The van der Waals surface area contributed by atoms with Crippen LogP contribution in [0.3, 0.4) is 0 Å². The van der Waals surface area contributed by atoms with Crippen molar-refractivity contribution in [1.82, 2.24) is 19.5 Å². The van der Waals surface area contributed by atoms with E-state index in [9.17, 15) is 5.11 Å². The number of aryl methyl sites for hydroxylation is 2. The molecule has 0 fully saturated rings. The van der Waals surface area contributed by atoms with E-state index in [1.165, 1.54) is 0 Å². The summed E-state index contributed by atoms with van der Waals surface area (Å²) in [5, 5.41) is 15.9. The Kier molecular flexibility index (Phi) is 4.80. The van der Waals surface area contributed by atoms with E-state index in [2.05, 4.69) is 25.6 Å². The number of para-hydroxylation sites is 2. The molecule has 2 aromatic heterocycles. The van der Waals surface area contributed by atoms with Crippen LogP contribution in [0.5, 0.6) is 5.75 Å². The smallest absolute Gasteiger partial charge is 0.231 e. The third kappa shape index (κ3) is 3.88. The number of hydrogen-bond donors (Lipinski definition) is 3. The average molecular weight is 374 g/mol. The molecule has 2 heterocycles. The van der Waals surface area contributed by atoms with E-state index in [0.717, 1.165) is 41.1 Å². The molecule has 0 atom stereocenters. The Morgan fingerprint density at radius 2 is 1.79 bits per heavy atom. The Balaban J connectivity index is 1.47. The van der Waals surface area contributed by atoms with E-state index < -0.39 is 0 Å². The van der Waals surface area contributed by atoms with Crippen LogP contribution in [0.2, 0.25) is 0 Å². The van der Waals surface area contributed by atoms with Crippen LogP contribution in [-0.4, -0.2) is 31.2 Å². The van der Waals surface area contributed by atoms with Crippen molar-refractivity contribution < 1.29 is 5.11 Å². The molecule has 0 amide bonds. The minimum absolute atomic E-state index is 0.279. The van der Waals surface area contributed by atoms with Gasteiger partial charge in [-0.05, 0) is 43.2 Å². The zero-order valence-corrected chi connectivity index (χ0v) is 15.8. The SMILES string of the molecule is Cc1cc(NCCc2ccc(O)cc2)nc(Nc2nc3ccccc3n2C)n1. The molecule has 7 nitrogen and oxygen atoms in total. The number of phenolic OH excluding ortho intramolecular Hbond substituents is 1. The first-order valence-corrected chi connectivity index (χ1v) is 9.14. The number of imidazole rings is 1. The Morgan fingerprint density at radius 3 is 2.57 bits per heavy atom. The molecular weight excluding hydrogens is 352 g/mol. The van der Waals surface area contributed by atoms with E-state index in [1.807, 2.05) is 61.0 Å². The number of aromatic nitrogens is 4. The molecule has 7 heteroatoms. The maximum atomic E-state index is 9.36. The maximum absolute atomic E-state index is 9.36. The lowest BCUT2D eigenvalue weighted by Crippen LogP contribution is -2.09. The van der Waals surface area contributed by atoms with E-state index in [4.69, 9.17) is 0 Å². The number of aromatic hydroxyl groups is 1. The topological polar surface area (TPSA) is 87.9 Å². The summed E-state index contributed by atoms with van der Waals surface area (Å²) in [5.41, 5.74) is 3.98. The highest BCUT2D eigenvalue weighted by atomic mass is 16.3. The van der Waals surface area contributed by atoms with Crippen LogP contribution < -0.4 is 10.6 Å². The number of nitrogens with one attached hydrogen (secondary N) is 2. The number of fused-ring (bicyclic) bond motifs is 1. The Hall–Kier alpha value is -3.61. The highest BCUT2D eigenvalue weighted by Crippen LogP contribution is 2.20. The van der Waals surface area contributed by atoms with Gasteiger partial charge in [-0.1, -0.05) is 24.3 Å². The van der Waals surface area contributed by atoms with Gasteiger partial charge in [-0.15, -0.1) is 0 Å². The third-order valence-corrected chi connectivity index (χ3v) is 4.52. The largest absolute Gasteiger partial charge is 0.508 e. The first kappa shape index (κ1) is 17.8. The summed E-state index contributed by atoms with van der Waals surface area (Å²) in [6.07, 6.45) is 0.830. The van der Waals surface area contributed by atoms with Gasteiger partial charge in [-0.3, -0.25) is 5.32 Å². The van der Waals surface area contributed by atoms with Gasteiger partial charge in [0.1, 0.15) is 11.6 Å². The Morgan fingerprint density at radius 1 is 1.00 bits per heavy atom. The van der Waals surface area contributed by atoms with E-state index in [0.29, 0.717) is 11.9 Å². The standard InChI is InChI=1S/C21H22N6O/c1-14-13-19(22-12-11-15-7-9-16(28)10-8-15)25-20(23-14)26-21-24-17-5-3-4-6-18(17)27(21)2/h3-10,13,28H,11-12H2,1-2H3,(H2,22,23,24,25,26). The zero-order valence-electron chi connectivity index (χ0n) is 15.8. The second-order valence-electron chi connectivity index (χ2n) is 6.67. The van der Waals surface area contributed by atoms with Crippen molar-refractivity contribution in [3.8, 4) is 5.75 Å². The fourth-order valence-corrected chi connectivity index (χ4v) is 3.07. The van der Waals surface area contributed by atoms with Crippen LogP contribution in [0.15, 0.2) is 54.6 Å². The highest BCUT2D eigenvalue weighted by molar-refractivity contribution is 5.79. The van der Waals surface area contributed by atoms with Crippen LogP contribution >= 0.6 is 0 Å². The predicted molar refractivity (Wildman–Crippen MR) is 111 cm³/mol. The summed E-state index contributed by atoms with van der Waals surface area (Å²) in [6.45, 7) is 2.67. The first-order valence-electron chi connectivity index (χ1n) is 9.14. The Labute approximate surface area is 163 Å². The highest BCUT2D eigenvalue weighted by Gasteiger charge is 2.09. The molecule has 4 aromatic rings. The average Bonchev–Trinajstić information content (AvgIpc) is 2.99. The van der Waals surface area contributed by atoms with Crippen molar-refractivity contribution in [1.29, 1.82) is 0 Å². The minimum atomic E-state index is 0.279. The summed E-state index contributed by atoms with van der Waals surface area (Å²) < 4.78 is 1.99. The maximum Gasteiger partial charge on any atom is 0.231 e. The van der Waals surface area contributed by atoms with Gasteiger partial charge in [0.15, 0.2) is 0 Å². The molecule has 0 aliphatic rings. The molecule has 0 unspecified atom stereocenters. The molecule has 0 aliphatic heterocycles. The monoisotopic (exact) mass is 374 g/mol. The fourth-order valence-electron chi connectivity index (χ4n) is 3.07. The number of hydrogen-bond acceptors (Lipinski definition) is 6. The van der Waals surface area contributed by atoms with Gasteiger partial charge in [-0.2, -0.15) is 4.98 Å². The predicted octanol–water partition coefficient (Wildman–Crippen LogP) is 3.78. The Bertz CT molecular complexity index is 1100. The number of benzene rings is 2. The van der Waals surface area contributed by atoms with Crippen LogP contribution in [0.1, 0.15) is 11.3 Å². The number of anilines is 3. The van der Waals surface area contributed by atoms with E-state index >= 15 is 0 Å². The fraction of sp³-hybridized carbons (Fsp3) is 0.190. The molecule has 0 bridgehead atoms. The molecule has 0 aliphatic carbocycles. The molecule has 3 N–H and O–H groups in total. The quantitative estimate of drug-likeness (QED) is 0.476. The minimum Gasteiger partial charge on any atom is -0.508 e. The molecule has 0 spiro atoms. The van der Waals surface area contributed by atoms with Gasteiger partial charge >= 0.3 is 0 Å². The van der Waals surface area contributed by atoms with Gasteiger partial charge in [-0.25, -0.2) is 9.97 Å². The zero-order chi connectivity index (χ0) is 19.5. The van der Waals surface area contributed by atoms with E-state index in [-0.39, 0.29) is 5.75 Å². The lowest BCUT2D eigenvalue weighted by atomic mass is 10.1. The molecule has 142 valence electrons. The molecule has 2 aromatic carbocycles. The summed E-state index contributed by atoms with van der Waals surface area (Å²) in [5.74, 6) is 2.24. The molecule has 0 saturated heterocycles. The van der Waals surface area contributed by atoms with Crippen molar-refractivity contribution >= 4 is 28.7 Å². The van der Waals surface area contributed by atoms with Crippen LogP contribution in [-0.2, 0) is 13.5 Å². The lowest BCUT2D eigenvalue weighted by molar-refractivity contribution is 0.475. The van der Waals surface area contributed by atoms with Crippen LogP contribution in [0, 0.1) is 6.92 Å². The van der Waals surface area contributed by atoms with Gasteiger partial charge in [0, 0.05) is 25.4 Å². The van der Waals surface area contributed by atoms with Crippen LogP contribution in [0.25, 0.3) is 11.0 Å². The normalized spacial score (nSPS) is 10.9. The molecule has 4 rings (SSSR count). The second-order valence-corrected chi connectivity index (χ2v) is 6.67. The molecule has 0 radical (unpaired) electrons. The molecule has 0 saturated carbocycles. The van der Waals surface area contributed by atoms with Gasteiger partial charge in [0.25, 0.3) is 0 Å². The summed E-state index contributed by atoms with van der Waals surface area (Å²) in [6, 6.07) is 17.1. The van der Waals surface area contributed by atoms with Crippen molar-refractivity contribution in [2.45, 2.75) is 13.3 Å². The van der Waals surface area contributed by atoms with Gasteiger partial charge < -0.3 is 15.0 Å². The second kappa shape index (κ2) is 7.56. The third-order valence-electron chi connectivity index (χ3n) is 4.52. The summed E-state index contributed by atoms with van der Waals surface area (Å²) in [7, 11) is 1.96. The van der Waals surface area contributed by atoms with Gasteiger partial charge in [0.05, 0.1) is 11.0 Å². The number of nitrogens with zero attached hydrogens (tertiary/aromatic N) is 4. The van der Waals surface area contributed by atoms with Crippen molar-refractivity contribution in [2.75, 3.05) is 17.2 Å². The van der Waals surface area contributed by atoms with Crippen molar-refractivity contribution in [3.05, 3.63) is 65.9 Å². The lowest BCUT2D eigenvalue weighted by Gasteiger charge is -2.10. The van der Waals surface area contributed by atoms with Crippen molar-refractivity contribution in [3.63, 3.8) is 0 Å².